The van der Waals surface area contributed by atoms with E-state index in [9.17, 15) is 10.2 Å². The summed E-state index contributed by atoms with van der Waals surface area (Å²) in [6, 6.07) is 14.1. The highest BCUT2D eigenvalue weighted by molar-refractivity contribution is 9.09. The van der Waals surface area contributed by atoms with Gasteiger partial charge in [0.15, 0.2) is 0 Å². The van der Waals surface area contributed by atoms with Crippen LogP contribution < -0.4 is 9.47 Å². The first-order chi connectivity index (χ1) is 20.4. The maximum atomic E-state index is 12.3. The van der Waals surface area contributed by atoms with Crippen LogP contribution in [0.15, 0.2) is 73.8 Å². The van der Waals surface area contributed by atoms with Crippen molar-refractivity contribution in [2.24, 2.45) is 10.8 Å². The summed E-state index contributed by atoms with van der Waals surface area (Å²) in [6.45, 7) is 7.22. The van der Waals surface area contributed by atoms with Crippen molar-refractivity contribution >= 4 is 50.7 Å². The molecule has 2 heterocycles. The molecule has 0 amide bonds. The zero-order chi connectivity index (χ0) is 31.4. The SMILES string of the molecule is Cc1cc(Cl)ccc1OC(C(O)C(C)(C)CBr)(C(Cl)C(C)(CCl)C(O)C(Oc1ccccc1)n1cncn1)n1cncn1. The average molecular weight is 717 g/mol. The number of rotatable bonds is 14. The smallest absolute Gasteiger partial charge is 0.246 e. The standard InChI is InChI=1S/C29H34BrCl3N6O4/c1-19-12-20(32)10-11-22(19)43-29(39-18-35-16-37-39,26(41)27(2,3)13-30)25(33)28(4,14-31)23(40)24(38-17-34-15-36-38)42-21-8-6-5-7-9-21/h5-12,15-18,23-26,40-41H,13-14H2,1-4H3. The van der Waals surface area contributed by atoms with E-state index in [0.717, 1.165) is 0 Å². The van der Waals surface area contributed by atoms with Gasteiger partial charge in [-0.05, 0) is 42.8 Å². The van der Waals surface area contributed by atoms with Gasteiger partial charge in [0.1, 0.15) is 54.4 Å². The molecule has 0 radical (unpaired) electrons. The topological polar surface area (TPSA) is 120 Å². The summed E-state index contributed by atoms with van der Waals surface area (Å²) in [4.78, 5) is 8.20. The summed E-state index contributed by atoms with van der Waals surface area (Å²) in [5, 5.41) is 32.7. The normalized spacial score (nSPS) is 17.7. The monoisotopic (exact) mass is 714 g/mol. The van der Waals surface area contributed by atoms with Crippen molar-refractivity contribution in [1.82, 2.24) is 29.5 Å². The lowest BCUT2D eigenvalue weighted by Gasteiger charge is -2.52. The van der Waals surface area contributed by atoms with Gasteiger partial charge in [-0.2, -0.15) is 10.2 Å². The van der Waals surface area contributed by atoms with Gasteiger partial charge in [-0.15, -0.1) is 23.2 Å². The number of para-hydroxylation sites is 1. The van der Waals surface area contributed by atoms with Crippen LogP contribution in [0.1, 0.15) is 32.6 Å². The molecule has 2 aromatic heterocycles. The van der Waals surface area contributed by atoms with Gasteiger partial charge in [-0.3, -0.25) is 0 Å². The number of aryl methyl sites for hydroxylation is 1. The highest BCUT2D eigenvalue weighted by atomic mass is 79.9. The lowest BCUT2D eigenvalue weighted by atomic mass is 9.71. The number of benzene rings is 2. The number of aliphatic hydroxyl groups is 2. The molecule has 4 aromatic rings. The van der Waals surface area contributed by atoms with Crippen molar-refractivity contribution in [2.45, 2.75) is 57.2 Å². The Morgan fingerprint density at radius 2 is 1.67 bits per heavy atom. The second-order valence-electron chi connectivity index (χ2n) is 11.3. The van der Waals surface area contributed by atoms with E-state index in [0.29, 0.717) is 27.4 Å². The van der Waals surface area contributed by atoms with Crippen molar-refractivity contribution in [2.75, 3.05) is 11.2 Å². The number of ether oxygens (including phenoxy) is 2. The Hall–Kier alpha value is -2.41. The molecule has 0 aliphatic carbocycles. The molecule has 4 rings (SSSR count). The average Bonchev–Trinajstić information content (AvgIpc) is 3.74. The van der Waals surface area contributed by atoms with Crippen LogP contribution in [-0.2, 0) is 5.72 Å². The van der Waals surface area contributed by atoms with Crippen LogP contribution in [0.3, 0.4) is 0 Å². The molecule has 6 atom stereocenters. The summed E-state index contributed by atoms with van der Waals surface area (Å²) < 4.78 is 15.8. The van der Waals surface area contributed by atoms with E-state index >= 15 is 0 Å². The van der Waals surface area contributed by atoms with Gasteiger partial charge < -0.3 is 19.7 Å². The molecule has 14 heteroatoms. The zero-order valence-corrected chi connectivity index (χ0v) is 27.9. The van der Waals surface area contributed by atoms with E-state index in [2.05, 4.69) is 36.1 Å². The third-order valence-electron chi connectivity index (χ3n) is 7.54. The van der Waals surface area contributed by atoms with E-state index < -0.39 is 40.4 Å². The first-order valence-corrected chi connectivity index (χ1v) is 15.9. The fourth-order valence-corrected chi connectivity index (χ4v) is 6.20. The van der Waals surface area contributed by atoms with Crippen LogP contribution in [0.5, 0.6) is 11.5 Å². The van der Waals surface area contributed by atoms with Gasteiger partial charge in [0.25, 0.3) is 0 Å². The molecule has 0 saturated heterocycles. The van der Waals surface area contributed by atoms with Crippen LogP contribution in [0, 0.1) is 17.8 Å². The zero-order valence-electron chi connectivity index (χ0n) is 24.1. The number of nitrogens with zero attached hydrogens (tertiary/aromatic N) is 6. The molecule has 0 saturated carbocycles. The molecule has 10 nitrogen and oxygen atoms in total. The summed E-state index contributed by atoms with van der Waals surface area (Å²) in [5.74, 6) is 0.669. The maximum absolute atomic E-state index is 12.3. The van der Waals surface area contributed by atoms with Crippen molar-refractivity contribution < 1.29 is 19.7 Å². The largest absolute Gasteiger partial charge is 0.466 e. The van der Waals surface area contributed by atoms with Gasteiger partial charge in [-0.1, -0.05) is 66.5 Å². The number of halogens is 4. The minimum absolute atomic E-state index is 0.188. The van der Waals surface area contributed by atoms with Crippen LogP contribution in [0.4, 0.5) is 0 Å². The van der Waals surface area contributed by atoms with Crippen molar-refractivity contribution in [3.8, 4) is 11.5 Å². The predicted molar refractivity (Wildman–Crippen MR) is 169 cm³/mol. The van der Waals surface area contributed by atoms with E-state index in [1.54, 1.807) is 37.3 Å². The van der Waals surface area contributed by atoms with Gasteiger partial charge in [0, 0.05) is 27.1 Å². The number of hydrogen-bond donors (Lipinski definition) is 2. The fourth-order valence-electron chi connectivity index (χ4n) is 4.80. The number of hydrogen-bond acceptors (Lipinski definition) is 8. The van der Waals surface area contributed by atoms with Crippen molar-refractivity contribution in [1.29, 1.82) is 0 Å². The van der Waals surface area contributed by atoms with Gasteiger partial charge >= 0.3 is 0 Å². The molecule has 43 heavy (non-hydrogen) atoms. The number of alkyl halides is 3. The minimum atomic E-state index is -1.88. The van der Waals surface area contributed by atoms with Crippen molar-refractivity contribution in [3.63, 3.8) is 0 Å². The van der Waals surface area contributed by atoms with E-state index in [1.165, 1.54) is 34.7 Å². The summed E-state index contributed by atoms with van der Waals surface area (Å²) in [5.41, 5.74) is -3.48. The summed E-state index contributed by atoms with van der Waals surface area (Å²) in [7, 11) is 0. The molecule has 0 aliphatic heterocycles. The molecular formula is C29H34BrCl3N6O4. The van der Waals surface area contributed by atoms with Crippen LogP contribution in [0.2, 0.25) is 5.02 Å². The first-order valence-electron chi connectivity index (χ1n) is 13.4. The maximum Gasteiger partial charge on any atom is 0.246 e. The summed E-state index contributed by atoms with van der Waals surface area (Å²) in [6.07, 6.45) is 1.59. The Morgan fingerprint density at radius 1 is 1.00 bits per heavy atom. The first kappa shape index (κ1) is 33.5. The molecule has 232 valence electrons. The van der Waals surface area contributed by atoms with Gasteiger partial charge in [0.2, 0.25) is 12.0 Å². The Balaban J connectivity index is 1.92. The molecule has 0 aliphatic rings. The molecule has 0 fully saturated rings. The van der Waals surface area contributed by atoms with Crippen LogP contribution in [0.25, 0.3) is 0 Å². The fraction of sp³-hybridized carbons (Fsp3) is 0.448. The van der Waals surface area contributed by atoms with Crippen molar-refractivity contribution in [3.05, 3.63) is 84.4 Å². The molecule has 0 spiro atoms. The Bertz CT molecular complexity index is 1450. The second kappa shape index (κ2) is 13.7. The molecule has 2 N–H and O–H groups in total. The number of aliphatic hydroxyl groups excluding tert-OH is 2. The summed E-state index contributed by atoms with van der Waals surface area (Å²) >= 11 is 24.1. The predicted octanol–water partition coefficient (Wildman–Crippen LogP) is 5.84. The molecular weight excluding hydrogens is 683 g/mol. The second-order valence-corrected chi connectivity index (χ2v) is 13.0. The van der Waals surface area contributed by atoms with E-state index in [-0.39, 0.29) is 5.88 Å². The minimum Gasteiger partial charge on any atom is -0.466 e. The third-order valence-corrected chi connectivity index (χ3v) is 10.6. The number of aromatic nitrogens is 6. The molecule has 0 bridgehead atoms. The third kappa shape index (κ3) is 6.67. The van der Waals surface area contributed by atoms with Gasteiger partial charge in [0.05, 0.1) is 0 Å². The highest BCUT2D eigenvalue weighted by Crippen LogP contribution is 2.50. The molecule has 6 unspecified atom stereocenters. The Kier molecular flexibility index (Phi) is 10.7. The van der Waals surface area contributed by atoms with Crippen LogP contribution in [-0.4, -0.2) is 68.5 Å². The quantitative estimate of drug-likeness (QED) is 0.156. The Labute approximate surface area is 274 Å². The lowest BCUT2D eigenvalue weighted by molar-refractivity contribution is -0.191. The Morgan fingerprint density at radius 3 is 2.23 bits per heavy atom. The van der Waals surface area contributed by atoms with E-state index in [4.69, 9.17) is 44.3 Å². The highest BCUT2D eigenvalue weighted by Gasteiger charge is 2.62. The molecule has 2 aromatic carbocycles. The van der Waals surface area contributed by atoms with E-state index in [1.807, 2.05) is 39.0 Å². The van der Waals surface area contributed by atoms with Crippen LogP contribution >= 0.6 is 50.7 Å². The lowest BCUT2D eigenvalue weighted by Crippen LogP contribution is -2.67. The van der Waals surface area contributed by atoms with Gasteiger partial charge in [-0.25, -0.2) is 19.3 Å².